The summed E-state index contributed by atoms with van der Waals surface area (Å²) in [5, 5.41) is 11.8. The molecule has 2 heterocycles. The number of nitrogens with one attached hydrogen (secondary N) is 2. The third kappa shape index (κ3) is 6.05. The van der Waals surface area contributed by atoms with E-state index in [2.05, 4.69) is 25.7 Å². The predicted octanol–water partition coefficient (Wildman–Crippen LogP) is 3.65. The Hall–Kier alpha value is -2.88. The molecule has 3 aromatic rings. The van der Waals surface area contributed by atoms with E-state index in [-0.39, 0.29) is 6.54 Å². The van der Waals surface area contributed by atoms with Gasteiger partial charge >= 0.3 is 6.18 Å². The van der Waals surface area contributed by atoms with Gasteiger partial charge in [-0.25, -0.2) is 14.7 Å². The molecule has 0 saturated heterocycles. The molecule has 29 heavy (non-hydrogen) atoms. The van der Waals surface area contributed by atoms with Crippen LogP contribution in [0.3, 0.4) is 0 Å². The molecule has 0 amide bonds. The van der Waals surface area contributed by atoms with Crippen LogP contribution in [-0.2, 0) is 19.1 Å². The molecular weight excluding hydrogens is 401 g/mol. The van der Waals surface area contributed by atoms with Crippen molar-refractivity contribution in [1.82, 2.24) is 25.4 Å². The Labute approximate surface area is 170 Å². The summed E-state index contributed by atoms with van der Waals surface area (Å²) in [4.78, 5) is 7.92. The number of aromatic nitrogens is 3. The van der Waals surface area contributed by atoms with Crippen molar-refractivity contribution in [3.05, 3.63) is 64.4 Å². The maximum atomic E-state index is 12.6. The highest BCUT2D eigenvalue weighted by Crippen LogP contribution is 2.30. The van der Waals surface area contributed by atoms with E-state index in [4.69, 9.17) is 0 Å². The summed E-state index contributed by atoms with van der Waals surface area (Å²) in [5.41, 5.74) is 1.27. The Bertz CT molecular complexity index is 916. The van der Waals surface area contributed by atoms with Crippen molar-refractivity contribution in [2.45, 2.75) is 26.1 Å². The second-order valence-corrected chi connectivity index (χ2v) is 7.06. The number of hydrogen-bond donors (Lipinski definition) is 2. The lowest BCUT2D eigenvalue weighted by atomic mass is 10.1. The van der Waals surface area contributed by atoms with Crippen molar-refractivity contribution in [3.8, 4) is 5.69 Å². The Balaban J connectivity index is 1.52. The van der Waals surface area contributed by atoms with E-state index in [1.807, 2.05) is 43.5 Å². The van der Waals surface area contributed by atoms with Gasteiger partial charge in [0.1, 0.15) is 5.01 Å². The molecule has 2 aromatic heterocycles. The number of rotatable bonds is 7. The maximum Gasteiger partial charge on any atom is 0.434 e. The Morgan fingerprint density at radius 2 is 2.00 bits per heavy atom. The summed E-state index contributed by atoms with van der Waals surface area (Å²) in [6.45, 7) is 3.31. The standard InChI is InChI=1S/C19H21F3N6S/c1-2-23-18(25-12-17-27-16(13-29-17)19(20,21)22)24-10-8-14-4-6-15(7-5-14)28-11-3-9-26-28/h3-7,9,11,13H,2,8,10,12H2,1H3,(H2,23,24,25). The minimum Gasteiger partial charge on any atom is -0.357 e. The van der Waals surface area contributed by atoms with Crippen molar-refractivity contribution in [2.75, 3.05) is 13.1 Å². The molecule has 0 spiro atoms. The normalized spacial score (nSPS) is 12.2. The average molecular weight is 422 g/mol. The molecule has 0 radical (unpaired) electrons. The maximum absolute atomic E-state index is 12.6. The van der Waals surface area contributed by atoms with Crippen molar-refractivity contribution in [2.24, 2.45) is 4.99 Å². The highest BCUT2D eigenvalue weighted by atomic mass is 32.1. The molecule has 6 nitrogen and oxygen atoms in total. The van der Waals surface area contributed by atoms with Gasteiger partial charge in [-0.2, -0.15) is 18.3 Å². The average Bonchev–Trinajstić information content (AvgIpc) is 3.38. The van der Waals surface area contributed by atoms with Crippen LogP contribution in [0.2, 0.25) is 0 Å². The Kier molecular flexibility index (Phi) is 6.86. The van der Waals surface area contributed by atoms with Crippen LogP contribution in [0.5, 0.6) is 0 Å². The number of nitrogens with zero attached hydrogens (tertiary/aromatic N) is 4. The highest BCUT2D eigenvalue weighted by Gasteiger charge is 2.33. The third-order valence-corrected chi connectivity index (χ3v) is 4.80. The zero-order valence-corrected chi connectivity index (χ0v) is 16.6. The molecule has 0 bridgehead atoms. The van der Waals surface area contributed by atoms with Gasteiger partial charge in [0.25, 0.3) is 0 Å². The summed E-state index contributed by atoms with van der Waals surface area (Å²) in [6, 6.07) is 9.95. The van der Waals surface area contributed by atoms with Crippen LogP contribution >= 0.6 is 11.3 Å². The first kappa shape index (κ1) is 20.8. The quantitative estimate of drug-likeness (QED) is 0.451. The fraction of sp³-hybridized carbons (Fsp3) is 0.316. The first-order chi connectivity index (χ1) is 14.0. The molecule has 10 heteroatoms. The number of halogens is 3. The van der Waals surface area contributed by atoms with E-state index in [0.29, 0.717) is 24.1 Å². The lowest BCUT2D eigenvalue weighted by molar-refractivity contribution is -0.140. The van der Waals surface area contributed by atoms with Gasteiger partial charge in [0.2, 0.25) is 0 Å². The number of aliphatic imine (C=N–C) groups is 1. The fourth-order valence-corrected chi connectivity index (χ4v) is 3.29. The van der Waals surface area contributed by atoms with Gasteiger partial charge in [-0.3, -0.25) is 0 Å². The van der Waals surface area contributed by atoms with Crippen LogP contribution in [0.25, 0.3) is 5.69 Å². The second-order valence-electron chi connectivity index (χ2n) is 6.11. The summed E-state index contributed by atoms with van der Waals surface area (Å²) in [6.07, 6.45) is -0.0294. The molecule has 0 aliphatic heterocycles. The van der Waals surface area contributed by atoms with Crippen molar-refractivity contribution in [1.29, 1.82) is 0 Å². The number of alkyl halides is 3. The van der Waals surface area contributed by atoms with Gasteiger partial charge in [0.15, 0.2) is 11.7 Å². The summed E-state index contributed by atoms with van der Waals surface area (Å²) >= 11 is 0.956. The molecule has 0 unspecified atom stereocenters. The SMILES string of the molecule is CCNC(=NCc1nc(C(F)(F)F)cs1)NCCc1ccc(-n2cccn2)cc1. The monoisotopic (exact) mass is 422 g/mol. The predicted molar refractivity (Wildman–Crippen MR) is 107 cm³/mol. The van der Waals surface area contributed by atoms with E-state index in [1.165, 1.54) is 0 Å². The number of guanidine groups is 1. The summed E-state index contributed by atoms with van der Waals surface area (Å²) in [5.74, 6) is 0.546. The van der Waals surface area contributed by atoms with Crippen LogP contribution < -0.4 is 10.6 Å². The molecule has 0 aliphatic carbocycles. The van der Waals surface area contributed by atoms with Crippen molar-refractivity contribution in [3.63, 3.8) is 0 Å². The largest absolute Gasteiger partial charge is 0.434 e. The zero-order chi connectivity index (χ0) is 20.7. The molecule has 0 fully saturated rings. The van der Waals surface area contributed by atoms with Crippen LogP contribution in [0.4, 0.5) is 13.2 Å². The van der Waals surface area contributed by atoms with Crippen LogP contribution in [-0.4, -0.2) is 33.8 Å². The van der Waals surface area contributed by atoms with E-state index >= 15 is 0 Å². The summed E-state index contributed by atoms with van der Waals surface area (Å²) in [7, 11) is 0. The van der Waals surface area contributed by atoms with E-state index < -0.39 is 11.9 Å². The van der Waals surface area contributed by atoms with Crippen molar-refractivity contribution < 1.29 is 13.2 Å². The molecule has 1 aromatic carbocycles. The van der Waals surface area contributed by atoms with Crippen LogP contribution in [0.15, 0.2) is 53.1 Å². The number of thiazole rings is 1. The molecule has 2 N–H and O–H groups in total. The lowest BCUT2D eigenvalue weighted by Crippen LogP contribution is -2.38. The van der Waals surface area contributed by atoms with Gasteiger partial charge in [0.05, 0.1) is 12.2 Å². The van der Waals surface area contributed by atoms with Gasteiger partial charge in [-0.15, -0.1) is 11.3 Å². The molecular formula is C19H21F3N6S. The smallest absolute Gasteiger partial charge is 0.357 e. The minimum absolute atomic E-state index is 0.0919. The topological polar surface area (TPSA) is 67.1 Å². The molecule has 0 atom stereocenters. The fourth-order valence-electron chi connectivity index (χ4n) is 2.56. The van der Waals surface area contributed by atoms with Crippen molar-refractivity contribution >= 4 is 17.3 Å². The molecule has 0 saturated carbocycles. The zero-order valence-electron chi connectivity index (χ0n) is 15.8. The number of benzene rings is 1. The van der Waals surface area contributed by atoms with Crippen LogP contribution in [0.1, 0.15) is 23.2 Å². The van der Waals surface area contributed by atoms with E-state index in [0.717, 1.165) is 34.4 Å². The third-order valence-electron chi connectivity index (χ3n) is 3.97. The van der Waals surface area contributed by atoms with Gasteiger partial charge in [-0.05, 0) is 37.1 Å². The summed E-state index contributed by atoms with van der Waals surface area (Å²) < 4.78 is 39.7. The van der Waals surface area contributed by atoms with Crippen LogP contribution in [0, 0.1) is 0 Å². The molecule has 154 valence electrons. The van der Waals surface area contributed by atoms with Gasteiger partial charge < -0.3 is 10.6 Å². The molecule has 3 rings (SSSR count). The van der Waals surface area contributed by atoms with Gasteiger partial charge in [0, 0.05) is 30.9 Å². The number of hydrogen-bond acceptors (Lipinski definition) is 4. The minimum atomic E-state index is -4.42. The first-order valence-corrected chi connectivity index (χ1v) is 9.96. The Morgan fingerprint density at radius 1 is 1.21 bits per heavy atom. The second kappa shape index (κ2) is 9.55. The van der Waals surface area contributed by atoms with E-state index in [9.17, 15) is 13.2 Å². The lowest BCUT2D eigenvalue weighted by Gasteiger charge is -2.11. The Morgan fingerprint density at radius 3 is 2.62 bits per heavy atom. The molecule has 0 aliphatic rings. The van der Waals surface area contributed by atoms with Gasteiger partial charge in [-0.1, -0.05) is 12.1 Å². The van der Waals surface area contributed by atoms with E-state index in [1.54, 1.807) is 10.9 Å². The highest BCUT2D eigenvalue weighted by molar-refractivity contribution is 7.09. The first-order valence-electron chi connectivity index (χ1n) is 9.08.